The van der Waals surface area contributed by atoms with E-state index in [0.29, 0.717) is 17.1 Å². The van der Waals surface area contributed by atoms with E-state index >= 15 is 0 Å². The zero-order valence-electron chi connectivity index (χ0n) is 10.3. The third-order valence-electron chi connectivity index (χ3n) is 2.85. The molecule has 0 saturated heterocycles. The van der Waals surface area contributed by atoms with E-state index in [9.17, 15) is 5.11 Å². The molecule has 3 rings (SSSR count). The number of rotatable bonds is 2. The molecular weight excluding hydrogens is 274 g/mol. The van der Waals surface area contributed by atoms with Gasteiger partial charge in [0.25, 0.3) is 0 Å². The predicted molar refractivity (Wildman–Crippen MR) is 77.8 cm³/mol. The molecule has 1 unspecified atom stereocenters. The smallest absolute Gasteiger partial charge is 0.229 e. The number of hydrazone groups is 1. The van der Waals surface area contributed by atoms with Crippen LogP contribution in [0.25, 0.3) is 0 Å². The van der Waals surface area contributed by atoms with Crippen molar-refractivity contribution in [3.8, 4) is 0 Å². The average Bonchev–Trinajstić information content (AvgIpc) is 2.49. The maximum absolute atomic E-state index is 11.0. The zero-order valence-corrected chi connectivity index (χ0v) is 11.1. The van der Waals surface area contributed by atoms with Gasteiger partial charge >= 0.3 is 0 Å². The highest BCUT2D eigenvalue weighted by molar-refractivity contribution is 7.80. The average molecular weight is 285 g/mol. The Bertz CT molecular complexity index is 661. The van der Waals surface area contributed by atoms with Gasteiger partial charge in [-0.15, -0.1) is 0 Å². The summed E-state index contributed by atoms with van der Waals surface area (Å²) in [5.41, 5.74) is 2.26. The highest BCUT2D eigenvalue weighted by Gasteiger charge is 2.41. The van der Waals surface area contributed by atoms with Crippen LogP contribution in [0.4, 0.5) is 0 Å². The zero-order chi connectivity index (χ0) is 14.0. The number of pyridine rings is 2. The minimum absolute atomic E-state index is 0.220. The van der Waals surface area contributed by atoms with Gasteiger partial charge in [-0.05, 0) is 36.5 Å². The number of thiocarbonyl (C=S) groups is 1. The van der Waals surface area contributed by atoms with E-state index in [0.717, 1.165) is 0 Å². The molecule has 0 aliphatic carbocycles. The summed E-state index contributed by atoms with van der Waals surface area (Å²) in [6.45, 7) is 0. The third kappa shape index (κ3) is 2.13. The van der Waals surface area contributed by atoms with Crippen molar-refractivity contribution in [1.29, 1.82) is 0 Å². The molecular formula is C13H11N5OS. The monoisotopic (exact) mass is 285 g/mol. The quantitative estimate of drug-likeness (QED) is 0.697. The van der Waals surface area contributed by atoms with E-state index in [1.54, 1.807) is 42.7 Å². The molecule has 6 nitrogen and oxygen atoms in total. The molecule has 0 amide bonds. The number of nitrogens with zero attached hydrogens (tertiary/aromatic N) is 3. The molecule has 0 spiro atoms. The molecule has 100 valence electrons. The van der Waals surface area contributed by atoms with Crippen molar-refractivity contribution in [3.05, 3.63) is 60.2 Å². The second-order valence-corrected chi connectivity index (χ2v) is 4.57. The van der Waals surface area contributed by atoms with Crippen LogP contribution < -0.4 is 10.7 Å². The fourth-order valence-corrected chi connectivity index (χ4v) is 2.14. The number of nitrogens with one attached hydrogen (secondary N) is 2. The summed E-state index contributed by atoms with van der Waals surface area (Å²) in [6.07, 6.45) is 3.22. The number of aromatic nitrogens is 2. The van der Waals surface area contributed by atoms with Crippen LogP contribution in [0.3, 0.4) is 0 Å². The van der Waals surface area contributed by atoms with Crippen LogP contribution in [0.15, 0.2) is 53.9 Å². The Kier molecular flexibility index (Phi) is 3.13. The van der Waals surface area contributed by atoms with Crippen LogP contribution in [0, 0.1) is 0 Å². The molecule has 0 fully saturated rings. The summed E-state index contributed by atoms with van der Waals surface area (Å²) in [5, 5.41) is 18.1. The molecule has 0 bridgehead atoms. The van der Waals surface area contributed by atoms with Crippen molar-refractivity contribution < 1.29 is 5.11 Å². The highest BCUT2D eigenvalue weighted by Crippen LogP contribution is 2.23. The minimum atomic E-state index is -1.61. The van der Waals surface area contributed by atoms with Crippen LogP contribution >= 0.6 is 12.2 Å². The molecule has 3 N–H and O–H groups in total. The largest absolute Gasteiger partial charge is 0.361 e. The fraction of sp³-hybridized carbons (Fsp3) is 0.0769. The number of aliphatic hydroxyl groups is 1. The molecule has 1 atom stereocenters. The highest BCUT2D eigenvalue weighted by atomic mass is 32.1. The molecule has 2 aromatic rings. The summed E-state index contributed by atoms with van der Waals surface area (Å²) in [5.74, 6) is 0. The van der Waals surface area contributed by atoms with Crippen LogP contribution in [-0.2, 0) is 5.72 Å². The lowest BCUT2D eigenvalue weighted by molar-refractivity contribution is 0.0869. The lowest BCUT2D eigenvalue weighted by Crippen LogP contribution is -2.59. The Balaban J connectivity index is 2.13. The maximum atomic E-state index is 11.0. The first-order chi connectivity index (χ1) is 9.70. The lowest BCUT2D eigenvalue weighted by atomic mass is 9.99. The SMILES string of the molecule is OC1(c2ccccn2)NC(=S)NN=C1c1ccccn1. The molecule has 0 radical (unpaired) electrons. The number of hydrogen-bond acceptors (Lipinski definition) is 5. The van der Waals surface area contributed by atoms with Gasteiger partial charge in [-0.3, -0.25) is 15.4 Å². The van der Waals surface area contributed by atoms with Crippen LogP contribution in [-0.4, -0.2) is 25.9 Å². The van der Waals surface area contributed by atoms with Gasteiger partial charge in [0.05, 0.1) is 11.4 Å². The predicted octanol–water partition coefficient (Wildman–Crippen LogP) is 0.504. The van der Waals surface area contributed by atoms with Gasteiger partial charge in [0.15, 0.2) is 5.11 Å². The van der Waals surface area contributed by atoms with Crippen molar-refractivity contribution in [3.63, 3.8) is 0 Å². The van der Waals surface area contributed by atoms with E-state index in [4.69, 9.17) is 12.2 Å². The van der Waals surface area contributed by atoms with Crippen molar-refractivity contribution in [1.82, 2.24) is 20.7 Å². The van der Waals surface area contributed by atoms with Crippen LogP contribution in [0.1, 0.15) is 11.4 Å². The van der Waals surface area contributed by atoms with Crippen LogP contribution in [0.5, 0.6) is 0 Å². The third-order valence-corrected chi connectivity index (χ3v) is 3.04. The Morgan fingerprint density at radius 2 is 1.80 bits per heavy atom. The summed E-state index contributed by atoms with van der Waals surface area (Å²) in [7, 11) is 0. The summed E-state index contributed by atoms with van der Waals surface area (Å²) >= 11 is 5.02. The van der Waals surface area contributed by atoms with Crippen molar-refractivity contribution in [2.45, 2.75) is 5.72 Å². The first-order valence-corrected chi connectivity index (χ1v) is 6.32. The van der Waals surface area contributed by atoms with Gasteiger partial charge in [0.1, 0.15) is 5.71 Å². The molecule has 2 aromatic heterocycles. The van der Waals surface area contributed by atoms with Crippen molar-refractivity contribution in [2.24, 2.45) is 5.10 Å². The summed E-state index contributed by atoms with van der Waals surface area (Å²) < 4.78 is 0. The van der Waals surface area contributed by atoms with Crippen molar-refractivity contribution in [2.75, 3.05) is 0 Å². The topological polar surface area (TPSA) is 82.4 Å². The van der Waals surface area contributed by atoms with Gasteiger partial charge in [0, 0.05) is 12.4 Å². The van der Waals surface area contributed by atoms with Gasteiger partial charge in [-0.2, -0.15) is 5.10 Å². The minimum Gasteiger partial charge on any atom is -0.361 e. The van der Waals surface area contributed by atoms with E-state index in [2.05, 4.69) is 25.8 Å². The van der Waals surface area contributed by atoms with E-state index in [-0.39, 0.29) is 5.11 Å². The molecule has 0 saturated carbocycles. The van der Waals surface area contributed by atoms with Crippen LogP contribution in [0.2, 0.25) is 0 Å². The standard InChI is InChI=1S/C13H11N5OS/c19-13(10-6-2-4-8-15-10)11(17-18-12(20)16-13)9-5-1-3-7-14-9/h1-8,19H,(H2,16,18,20). The Morgan fingerprint density at radius 1 is 1.05 bits per heavy atom. The maximum Gasteiger partial charge on any atom is 0.229 e. The Hall–Kier alpha value is -2.38. The lowest BCUT2D eigenvalue weighted by Gasteiger charge is -2.33. The first kappa shape index (κ1) is 12.6. The molecule has 0 aromatic carbocycles. The van der Waals surface area contributed by atoms with Gasteiger partial charge in [-0.25, -0.2) is 0 Å². The molecule has 20 heavy (non-hydrogen) atoms. The molecule has 1 aliphatic heterocycles. The van der Waals surface area contributed by atoms with E-state index in [1.165, 1.54) is 0 Å². The second-order valence-electron chi connectivity index (χ2n) is 4.17. The van der Waals surface area contributed by atoms with Gasteiger partial charge in [0.2, 0.25) is 5.72 Å². The first-order valence-electron chi connectivity index (χ1n) is 5.92. The summed E-state index contributed by atoms with van der Waals surface area (Å²) in [4.78, 5) is 8.38. The summed E-state index contributed by atoms with van der Waals surface area (Å²) in [6, 6.07) is 10.6. The molecule has 7 heteroatoms. The van der Waals surface area contributed by atoms with Gasteiger partial charge < -0.3 is 10.4 Å². The molecule has 1 aliphatic rings. The Labute approximate surface area is 120 Å². The van der Waals surface area contributed by atoms with E-state index < -0.39 is 5.72 Å². The van der Waals surface area contributed by atoms with E-state index in [1.807, 2.05) is 6.07 Å². The second kappa shape index (κ2) is 4.95. The Morgan fingerprint density at radius 3 is 2.45 bits per heavy atom. The van der Waals surface area contributed by atoms with Crippen molar-refractivity contribution >= 4 is 23.0 Å². The fourth-order valence-electron chi connectivity index (χ4n) is 1.95. The normalized spacial score (nSPS) is 21.6. The van der Waals surface area contributed by atoms with Gasteiger partial charge in [-0.1, -0.05) is 12.1 Å². The molecule has 3 heterocycles. The number of hydrogen-bond donors (Lipinski definition) is 3.